The summed E-state index contributed by atoms with van der Waals surface area (Å²) in [6.45, 7) is 0. The number of hydrogen-bond donors (Lipinski definition) is 1. The van der Waals surface area contributed by atoms with E-state index in [9.17, 15) is 0 Å². The van der Waals surface area contributed by atoms with Crippen molar-refractivity contribution in [1.82, 2.24) is 9.97 Å². The van der Waals surface area contributed by atoms with Gasteiger partial charge in [0.1, 0.15) is 0 Å². The van der Waals surface area contributed by atoms with Gasteiger partial charge in [0.05, 0.1) is 6.26 Å². The molecule has 0 aromatic carbocycles. The van der Waals surface area contributed by atoms with Crippen LogP contribution in [0, 0.1) is 0 Å². The van der Waals surface area contributed by atoms with E-state index < -0.39 is 0 Å². The first-order chi connectivity index (χ1) is 4.43. The summed E-state index contributed by atoms with van der Waals surface area (Å²) < 4.78 is 0. The van der Waals surface area contributed by atoms with Crippen LogP contribution in [-0.2, 0) is 0 Å². The third-order valence-corrected chi connectivity index (χ3v) is 0.809. The Kier molecular flexibility index (Phi) is 6.15. The van der Waals surface area contributed by atoms with Crippen LogP contribution in [0.25, 0.3) is 6.08 Å². The van der Waals surface area contributed by atoms with Crippen molar-refractivity contribution >= 4 is 57.5 Å². The van der Waals surface area contributed by atoms with E-state index in [2.05, 4.69) is 9.97 Å². The molecule has 0 unspecified atom stereocenters. The van der Waals surface area contributed by atoms with Gasteiger partial charge in [0.2, 0.25) is 0 Å². The molecule has 3 nitrogen and oxygen atoms in total. The topological polar surface area (TPSA) is 46.0 Å². The molecule has 0 radical (unpaired) electrons. The van der Waals surface area contributed by atoms with E-state index in [1.807, 2.05) is 0 Å². The van der Waals surface area contributed by atoms with Crippen molar-refractivity contribution in [1.29, 1.82) is 0 Å². The molecule has 0 atom stereocenters. The molecule has 1 rings (SSSR count). The average Bonchev–Trinajstić information content (AvgIpc) is 1.91. The molecule has 10 heavy (non-hydrogen) atoms. The van der Waals surface area contributed by atoms with Crippen molar-refractivity contribution in [2.24, 2.45) is 0 Å². The summed E-state index contributed by atoms with van der Waals surface area (Å²) >= 11 is 0. The Hall–Kier alpha value is 0.256. The Morgan fingerprint density at radius 3 is 2.40 bits per heavy atom. The first-order valence-corrected chi connectivity index (χ1v) is 2.51. The quantitative estimate of drug-likeness (QED) is 0.479. The third kappa shape index (κ3) is 3.43. The molecular formula is C6H7KN2O. The Morgan fingerprint density at radius 1 is 1.30 bits per heavy atom. The molecule has 0 saturated carbocycles. The van der Waals surface area contributed by atoms with Gasteiger partial charge >= 0.3 is 51.4 Å². The predicted octanol–water partition coefficient (Wildman–Crippen LogP) is 0.357. The van der Waals surface area contributed by atoms with Gasteiger partial charge in [-0.05, 0) is 6.07 Å². The van der Waals surface area contributed by atoms with Crippen LogP contribution in [0.2, 0.25) is 0 Å². The summed E-state index contributed by atoms with van der Waals surface area (Å²) in [5, 5.41) is 8.26. The van der Waals surface area contributed by atoms with Gasteiger partial charge in [-0.25, -0.2) is 9.97 Å². The van der Waals surface area contributed by atoms with Crippen molar-refractivity contribution in [3.63, 3.8) is 0 Å². The van der Waals surface area contributed by atoms with Crippen LogP contribution >= 0.6 is 0 Å². The summed E-state index contributed by atoms with van der Waals surface area (Å²) in [6.07, 6.45) is 5.56. The van der Waals surface area contributed by atoms with Gasteiger partial charge in [0.15, 0.2) is 5.82 Å². The zero-order valence-electron chi connectivity index (χ0n) is 4.73. The monoisotopic (exact) mass is 162 g/mol. The molecule has 0 aliphatic rings. The molecule has 0 bridgehead atoms. The second-order valence-electron chi connectivity index (χ2n) is 1.42. The summed E-state index contributed by atoms with van der Waals surface area (Å²) in [5.74, 6) is 0.514. The van der Waals surface area contributed by atoms with Crippen LogP contribution in [0.5, 0.6) is 0 Å². The minimum atomic E-state index is 0. The Bertz CT molecular complexity index is 200. The van der Waals surface area contributed by atoms with Gasteiger partial charge < -0.3 is 5.11 Å². The predicted molar refractivity (Wildman–Crippen MR) is 40.8 cm³/mol. The summed E-state index contributed by atoms with van der Waals surface area (Å²) in [7, 11) is 0. The van der Waals surface area contributed by atoms with Gasteiger partial charge in [0.25, 0.3) is 0 Å². The number of rotatable bonds is 1. The van der Waals surface area contributed by atoms with Gasteiger partial charge in [-0.3, -0.25) is 0 Å². The van der Waals surface area contributed by atoms with Gasteiger partial charge in [0, 0.05) is 18.5 Å². The molecule has 1 N–H and O–H groups in total. The normalized spacial score (nSPS) is 9.20. The molecular weight excluding hydrogens is 155 g/mol. The van der Waals surface area contributed by atoms with E-state index in [4.69, 9.17) is 5.11 Å². The van der Waals surface area contributed by atoms with Crippen molar-refractivity contribution < 1.29 is 5.11 Å². The van der Waals surface area contributed by atoms with Crippen LogP contribution in [0.4, 0.5) is 0 Å². The van der Waals surface area contributed by atoms with Crippen molar-refractivity contribution in [2.45, 2.75) is 0 Å². The maximum atomic E-state index is 8.26. The first-order valence-electron chi connectivity index (χ1n) is 2.51. The second-order valence-corrected chi connectivity index (χ2v) is 1.42. The molecule has 0 fully saturated rings. The molecule has 0 aliphatic carbocycles. The molecule has 1 aromatic heterocycles. The van der Waals surface area contributed by atoms with E-state index in [1.54, 1.807) is 18.5 Å². The fraction of sp³-hybridized carbons (Fsp3) is 0. The standard InChI is InChI=1S/C6H6N2O.K.H/c9-5-2-6-7-3-1-4-8-6;;/h1-5,9H;;. The zero-order valence-corrected chi connectivity index (χ0v) is 4.73. The summed E-state index contributed by atoms with van der Waals surface area (Å²) in [5.41, 5.74) is 0. The summed E-state index contributed by atoms with van der Waals surface area (Å²) in [4.78, 5) is 7.62. The van der Waals surface area contributed by atoms with Crippen LogP contribution < -0.4 is 0 Å². The van der Waals surface area contributed by atoms with Crippen LogP contribution in [0.1, 0.15) is 5.82 Å². The van der Waals surface area contributed by atoms with Crippen LogP contribution in [0.3, 0.4) is 0 Å². The number of aliphatic hydroxyl groups is 1. The molecule has 0 saturated heterocycles. The minimum absolute atomic E-state index is 0. The fourth-order valence-corrected chi connectivity index (χ4v) is 0.463. The maximum absolute atomic E-state index is 8.26. The van der Waals surface area contributed by atoms with Gasteiger partial charge in [-0.15, -0.1) is 0 Å². The van der Waals surface area contributed by atoms with E-state index in [-0.39, 0.29) is 51.4 Å². The number of aliphatic hydroxyl groups excluding tert-OH is 1. The molecule has 1 heterocycles. The summed E-state index contributed by atoms with van der Waals surface area (Å²) in [6, 6.07) is 1.72. The Labute approximate surface area is 102 Å². The van der Waals surface area contributed by atoms with E-state index in [1.165, 1.54) is 6.08 Å². The van der Waals surface area contributed by atoms with Crippen molar-refractivity contribution in [3.05, 3.63) is 30.5 Å². The third-order valence-electron chi connectivity index (χ3n) is 0.809. The average molecular weight is 162 g/mol. The molecule has 0 aliphatic heterocycles. The number of hydrogen-bond acceptors (Lipinski definition) is 3. The molecule has 0 amide bonds. The fourth-order valence-electron chi connectivity index (χ4n) is 0.463. The van der Waals surface area contributed by atoms with Crippen LogP contribution in [0.15, 0.2) is 24.7 Å². The Balaban J connectivity index is 0.000000810. The van der Waals surface area contributed by atoms with E-state index >= 15 is 0 Å². The van der Waals surface area contributed by atoms with Gasteiger partial charge in [-0.1, -0.05) is 0 Å². The first kappa shape index (κ1) is 10.3. The SMILES string of the molecule is OC=Cc1ncccn1.[KH]. The van der Waals surface area contributed by atoms with Crippen LogP contribution in [-0.4, -0.2) is 66.5 Å². The molecule has 0 spiro atoms. The van der Waals surface area contributed by atoms with Crippen molar-refractivity contribution in [2.75, 3.05) is 0 Å². The molecule has 1 aromatic rings. The zero-order chi connectivity index (χ0) is 6.53. The van der Waals surface area contributed by atoms with Crippen molar-refractivity contribution in [3.8, 4) is 0 Å². The molecule has 48 valence electrons. The molecule has 4 heteroatoms. The van der Waals surface area contributed by atoms with E-state index in [0.29, 0.717) is 5.82 Å². The Morgan fingerprint density at radius 2 is 1.90 bits per heavy atom. The second kappa shape index (κ2) is 6.00. The number of nitrogens with zero attached hydrogens (tertiary/aromatic N) is 2. The van der Waals surface area contributed by atoms with Gasteiger partial charge in [-0.2, -0.15) is 0 Å². The van der Waals surface area contributed by atoms with E-state index in [0.717, 1.165) is 6.26 Å². The number of aromatic nitrogens is 2.